The van der Waals surface area contributed by atoms with Gasteiger partial charge in [-0.2, -0.15) is 0 Å². The highest BCUT2D eigenvalue weighted by Gasteiger charge is 2.77. The van der Waals surface area contributed by atoms with Gasteiger partial charge in [-0.05, 0) is 35.4 Å². The molecule has 0 bridgehead atoms. The van der Waals surface area contributed by atoms with Crippen LogP contribution < -0.4 is 9.47 Å². The lowest BCUT2D eigenvalue weighted by Gasteiger charge is -2.40. The predicted molar refractivity (Wildman–Crippen MR) is 120 cm³/mol. The maximum Gasteiger partial charge on any atom is 0.310 e. The molecule has 1 saturated carbocycles. The molecule has 0 unspecified atom stereocenters. The fraction of sp³-hybridized carbons (Fsp3) is 0.240. The van der Waals surface area contributed by atoms with Gasteiger partial charge in [-0.1, -0.05) is 58.4 Å². The van der Waals surface area contributed by atoms with Crippen LogP contribution in [-0.2, 0) is 16.0 Å². The summed E-state index contributed by atoms with van der Waals surface area (Å²) in [6, 6.07) is 21.2. The Morgan fingerprint density at radius 3 is 2.38 bits per heavy atom. The first kappa shape index (κ1) is 21.0. The molecule has 3 N–H and O–H groups in total. The lowest BCUT2D eigenvalue weighted by atomic mass is 9.71. The molecule has 0 saturated heterocycles. The van der Waals surface area contributed by atoms with Crippen LogP contribution in [-0.4, -0.2) is 34.5 Å². The van der Waals surface area contributed by atoms with E-state index in [0.717, 1.165) is 4.47 Å². The molecule has 32 heavy (non-hydrogen) atoms. The molecule has 0 spiro atoms. The van der Waals surface area contributed by atoms with Crippen molar-refractivity contribution in [3.8, 4) is 11.5 Å². The molecule has 164 valence electrons. The van der Waals surface area contributed by atoms with Crippen molar-refractivity contribution in [2.45, 2.75) is 23.2 Å². The van der Waals surface area contributed by atoms with Gasteiger partial charge in [0.1, 0.15) is 17.6 Å². The second kappa shape index (κ2) is 7.33. The molecule has 0 amide bonds. The number of carboxylic acids is 1. The summed E-state index contributed by atoms with van der Waals surface area (Å²) >= 11 is 3.43. The summed E-state index contributed by atoms with van der Waals surface area (Å²) in [6.45, 7) is 0. The second-order valence-electron chi connectivity index (χ2n) is 8.17. The first-order valence-corrected chi connectivity index (χ1v) is 11.0. The van der Waals surface area contributed by atoms with Crippen molar-refractivity contribution >= 4 is 21.9 Å². The van der Waals surface area contributed by atoms with E-state index in [1.165, 1.54) is 7.11 Å². The number of benzene rings is 3. The van der Waals surface area contributed by atoms with Crippen molar-refractivity contribution in [3.05, 3.63) is 94.0 Å². The third-order valence-corrected chi connectivity index (χ3v) is 7.25. The van der Waals surface area contributed by atoms with Crippen LogP contribution >= 0.6 is 15.9 Å². The molecule has 1 heterocycles. The number of methoxy groups -OCH3 is 1. The summed E-state index contributed by atoms with van der Waals surface area (Å²) in [6.07, 6.45) is -1.62. The monoisotopic (exact) mass is 496 g/mol. The zero-order chi connectivity index (χ0) is 22.7. The van der Waals surface area contributed by atoms with Gasteiger partial charge in [0, 0.05) is 22.0 Å². The van der Waals surface area contributed by atoms with Gasteiger partial charge in [0.15, 0.2) is 11.2 Å². The van der Waals surface area contributed by atoms with Crippen molar-refractivity contribution in [3.63, 3.8) is 0 Å². The zero-order valence-electron chi connectivity index (χ0n) is 17.1. The Labute approximate surface area is 193 Å². The van der Waals surface area contributed by atoms with E-state index in [1.807, 2.05) is 6.07 Å². The minimum Gasteiger partial charge on any atom is -0.497 e. The van der Waals surface area contributed by atoms with E-state index in [1.54, 1.807) is 66.7 Å². The lowest BCUT2D eigenvalue weighted by Crippen LogP contribution is -2.52. The number of hydrogen-bond acceptors (Lipinski definition) is 5. The van der Waals surface area contributed by atoms with Gasteiger partial charge in [0.25, 0.3) is 0 Å². The number of ether oxygens (including phenoxy) is 2. The molecule has 6 nitrogen and oxygen atoms in total. The smallest absolute Gasteiger partial charge is 0.310 e. The maximum absolute atomic E-state index is 12.5. The number of aliphatic hydroxyl groups is 2. The number of carbonyl (C=O) groups is 1. The number of carboxylic acid groups (broad SMARTS) is 1. The quantitative estimate of drug-likeness (QED) is 0.508. The number of halogens is 1. The average Bonchev–Trinajstić information content (AvgIpc) is 3.17. The van der Waals surface area contributed by atoms with Crippen LogP contribution in [0.3, 0.4) is 0 Å². The summed E-state index contributed by atoms with van der Waals surface area (Å²) < 4.78 is 12.7. The average molecular weight is 497 g/mol. The van der Waals surface area contributed by atoms with Crippen LogP contribution in [0.1, 0.15) is 22.6 Å². The van der Waals surface area contributed by atoms with E-state index >= 15 is 0 Å². The van der Waals surface area contributed by atoms with E-state index in [9.17, 15) is 20.1 Å². The van der Waals surface area contributed by atoms with Gasteiger partial charge in [-0.25, -0.2) is 0 Å². The lowest BCUT2D eigenvalue weighted by molar-refractivity contribution is -0.159. The molecule has 1 fully saturated rings. The molecule has 0 aromatic heterocycles. The third kappa shape index (κ3) is 2.62. The molecule has 2 aliphatic rings. The number of rotatable bonds is 4. The second-order valence-corrected chi connectivity index (χ2v) is 9.09. The van der Waals surface area contributed by atoms with E-state index < -0.39 is 35.1 Å². The molecule has 1 aliphatic carbocycles. The molecule has 5 atom stereocenters. The van der Waals surface area contributed by atoms with Crippen LogP contribution in [0.15, 0.2) is 77.3 Å². The number of fused-ring (bicyclic) bond motifs is 3. The van der Waals surface area contributed by atoms with Crippen molar-refractivity contribution in [2.75, 3.05) is 7.11 Å². The van der Waals surface area contributed by atoms with E-state index in [2.05, 4.69) is 15.9 Å². The van der Waals surface area contributed by atoms with E-state index in [-0.39, 0.29) is 0 Å². The molecule has 1 aliphatic heterocycles. The highest BCUT2D eigenvalue weighted by atomic mass is 79.9. The summed E-state index contributed by atoms with van der Waals surface area (Å²) in [7, 11) is 1.53. The van der Waals surface area contributed by atoms with E-state index in [4.69, 9.17) is 9.47 Å². The molecular weight excluding hydrogens is 476 g/mol. The predicted octanol–water partition coefficient (Wildman–Crippen LogP) is 3.79. The van der Waals surface area contributed by atoms with Gasteiger partial charge in [0.05, 0.1) is 13.0 Å². The van der Waals surface area contributed by atoms with Gasteiger partial charge in [-0.3, -0.25) is 4.79 Å². The van der Waals surface area contributed by atoms with E-state index in [0.29, 0.717) is 28.2 Å². The fourth-order valence-electron chi connectivity index (χ4n) is 5.39. The molecule has 0 radical (unpaired) electrons. The van der Waals surface area contributed by atoms with Crippen molar-refractivity contribution in [1.82, 2.24) is 0 Å². The van der Waals surface area contributed by atoms with Gasteiger partial charge >= 0.3 is 5.97 Å². The van der Waals surface area contributed by atoms with Crippen molar-refractivity contribution < 1.29 is 29.6 Å². The minimum atomic E-state index is -2.01. The van der Waals surface area contributed by atoms with Crippen LogP contribution in [0.5, 0.6) is 11.5 Å². The summed E-state index contributed by atoms with van der Waals surface area (Å²) in [5.74, 6) is -2.51. The van der Waals surface area contributed by atoms with Crippen LogP contribution in [0.4, 0.5) is 0 Å². The zero-order valence-corrected chi connectivity index (χ0v) is 18.7. The Morgan fingerprint density at radius 1 is 1.06 bits per heavy atom. The van der Waals surface area contributed by atoms with Gasteiger partial charge in [-0.15, -0.1) is 0 Å². The van der Waals surface area contributed by atoms with Gasteiger partial charge in [0.2, 0.25) is 0 Å². The normalized spacial score (nSPS) is 30.3. The Bertz CT molecular complexity index is 1180. The number of aliphatic hydroxyl groups excluding tert-OH is 1. The maximum atomic E-state index is 12.5. The SMILES string of the molecule is COc1ccc2c(c1)O[C@@]1(c3ccc(Br)cc3)[C@H](c3ccccc3)[C@@H](C(=O)O)[C@@H](O)[C@@]21O. The highest BCUT2D eigenvalue weighted by molar-refractivity contribution is 9.10. The molecular formula is C25H21BrO6. The summed E-state index contributed by atoms with van der Waals surface area (Å²) in [4.78, 5) is 12.5. The van der Waals surface area contributed by atoms with Crippen LogP contribution in [0, 0.1) is 5.92 Å². The van der Waals surface area contributed by atoms with Crippen LogP contribution in [0.2, 0.25) is 0 Å². The topological polar surface area (TPSA) is 96.2 Å². The number of aliphatic carboxylic acids is 1. The van der Waals surface area contributed by atoms with Crippen molar-refractivity contribution in [1.29, 1.82) is 0 Å². The Kier molecular flexibility index (Phi) is 4.81. The molecule has 3 aromatic rings. The summed E-state index contributed by atoms with van der Waals surface area (Å²) in [5.41, 5.74) is -2.04. The number of hydrogen-bond donors (Lipinski definition) is 3. The van der Waals surface area contributed by atoms with Crippen LogP contribution in [0.25, 0.3) is 0 Å². The Hall–Kier alpha value is -2.87. The first-order valence-electron chi connectivity index (χ1n) is 10.2. The molecule has 3 aromatic carbocycles. The largest absolute Gasteiger partial charge is 0.497 e. The first-order chi connectivity index (χ1) is 15.3. The molecule has 7 heteroatoms. The Balaban J connectivity index is 1.86. The van der Waals surface area contributed by atoms with Crippen molar-refractivity contribution in [2.24, 2.45) is 5.92 Å². The highest BCUT2D eigenvalue weighted by Crippen LogP contribution is 2.68. The third-order valence-electron chi connectivity index (χ3n) is 6.72. The Morgan fingerprint density at radius 2 is 1.75 bits per heavy atom. The minimum absolute atomic E-state index is 0.332. The fourth-order valence-corrected chi connectivity index (χ4v) is 5.66. The standard InChI is InChI=1S/C25H21BrO6/c1-31-17-11-12-18-19(13-17)32-25(15-7-9-16(26)10-8-15)21(14-5-3-2-4-6-14)20(23(28)29)22(27)24(18,25)30/h2-13,20-22,27,30H,1H3,(H,28,29)/t20-,21-,22-,24+,25+/m1/s1. The molecule has 5 rings (SSSR count). The van der Waals surface area contributed by atoms with Gasteiger partial charge < -0.3 is 24.8 Å². The summed E-state index contributed by atoms with van der Waals surface area (Å²) in [5, 5.41) is 33.8.